The van der Waals surface area contributed by atoms with Crippen molar-refractivity contribution in [3.8, 4) is 0 Å². The summed E-state index contributed by atoms with van der Waals surface area (Å²) >= 11 is 0. The number of hydrogen-bond donors (Lipinski definition) is 3. The quantitative estimate of drug-likeness (QED) is 0.530. The number of nitrogen functional groups attached to an aromatic ring is 1. The molecule has 0 atom stereocenters. The lowest BCUT2D eigenvalue weighted by Crippen LogP contribution is -2.18. The van der Waals surface area contributed by atoms with Crippen molar-refractivity contribution < 1.29 is 0 Å². The van der Waals surface area contributed by atoms with Crippen LogP contribution in [0.15, 0.2) is 29.1 Å². The summed E-state index contributed by atoms with van der Waals surface area (Å²) in [6, 6.07) is 8.34. The van der Waals surface area contributed by atoms with Crippen LogP contribution in [0.3, 0.4) is 0 Å². The number of rotatable bonds is 8. The molecule has 2 aromatic heterocycles. The van der Waals surface area contributed by atoms with Gasteiger partial charge in [-0.25, -0.2) is 4.79 Å². The van der Waals surface area contributed by atoms with Crippen LogP contribution < -0.4 is 16.7 Å². The number of nitrogens with zero attached hydrogens (tertiary/aromatic N) is 3. The molecule has 144 valence electrons. The Kier molecular flexibility index (Phi) is 5.78. The molecule has 3 rings (SSSR count). The summed E-state index contributed by atoms with van der Waals surface area (Å²) in [5, 5.41) is 3.18. The molecule has 0 bridgehead atoms. The fourth-order valence-corrected chi connectivity index (χ4v) is 3.16. The predicted octanol–water partition coefficient (Wildman–Crippen LogP) is 3.16. The van der Waals surface area contributed by atoms with Crippen LogP contribution in [0.4, 0.5) is 11.8 Å². The number of aromatic amines is 1. The zero-order valence-electron chi connectivity index (χ0n) is 16.2. The summed E-state index contributed by atoms with van der Waals surface area (Å²) < 4.78 is 1.62. The second-order valence-corrected chi connectivity index (χ2v) is 7.35. The molecule has 1 aromatic carbocycles. The number of unbranched alkanes of at least 4 members (excludes halogenated alkanes) is 1. The first-order valence-electron chi connectivity index (χ1n) is 9.55. The summed E-state index contributed by atoms with van der Waals surface area (Å²) in [5.74, 6) is 1.32. The largest absolute Gasteiger partial charge is 0.382 e. The van der Waals surface area contributed by atoms with Crippen molar-refractivity contribution in [1.82, 2.24) is 19.5 Å². The van der Waals surface area contributed by atoms with Crippen LogP contribution in [0.1, 0.15) is 44.7 Å². The Hall–Kier alpha value is -2.83. The smallest absolute Gasteiger partial charge is 0.328 e. The maximum atomic E-state index is 12.5. The summed E-state index contributed by atoms with van der Waals surface area (Å²) in [4.78, 5) is 24.1. The highest BCUT2D eigenvalue weighted by atomic mass is 16.1. The highest BCUT2D eigenvalue weighted by molar-refractivity contribution is 5.82. The van der Waals surface area contributed by atoms with E-state index in [4.69, 9.17) is 5.73 Å². The Labute approximate surface area is 159 Å². The maximum Gasteiger partial charge on any atom is 0.328 e. The van der Waals surface area contributed by atoms with Gasteiger partial charge in [0.2, 0.25) is 5.95 Å². The third kappa shape index (κ3) is 4.48. The highest BCUT2D eigenvalue weighted by Gasteiger charge is 2.14. The van der Waals surface area contributed by atoms with Crippen molar-refractivity contribution in [2.45, 2.75) is 46.6 Å². The molecule has 4 N–H and O–H groups in total. The average molecular weight is 368 g/mol. The first-order chi connectivity index (χ1) is 13.0. The van der Waals surface area contributed by atoms with Crippen LogP contribution >= 0.6 is 0 Å². The number of nitrogens with one attached hydrogen (secondary N) is 2. The molecule has 0 unspecified atom stereocenters. The van der Waals surface area contributed by atoms with Gasteiger partial charge in [0.05, 0.1) is 6.54 Å². The zero-order valence-corrected chi connectivity index (χ0v) is 16.2. The molecular formula is C20H28N6O. The van der Waals surface area contributed by atoms with Crippen molar-refractivity contribution in [3.63, 3.8) is 0 Å². The van der Waals surface area contributed by atoms with E-state index in [1.807, 2.05) is 12.1 Å². The van der Waals surface area contributed by atoms with Gasteiger partial charge in [0, 0.05) is 6.54 Å². The minimum Gasteiger partial charge on any atom is -0.382 e. The first-order valence-corrected chi connectivity index (χ1v) is 9.55. The normalized spacial score (nSPS) is 11.4. The van der Waals surface area contributed by atoms with E-state index < -0.39 is 0 Å². The molecule has 7 heteroatoms. The lowest BCUT2D eigenvalue weighted by atomic mass is 10.0. The molecule has 0 aliphatic carbocycles. The minimum absolute atomic E-state index is 0.231. The number of H-pyrrole nitrogens is 1. The topological polar surface area (TPSA) is 102 Å². The van der Waals surface area contributed by atoms with E-state index in [0.29, 0.717) is 29.6 Å². The number of nitrogens with two attached hydrogens (primary N) is 1. The van der Waals surface area contributed by atoms with E-state index in [-0.39, 0.29) is 11.5 Å². The Morgan fingerprint density at radius 2 is 2.04 bits per heavy atom. The van der Waals surface area contributed by atoms with Crippen molar-refractivity contribution in [2.75, 3.05) is 17.6 Å². The Bertz CT molecular complexity index is 972. The second-order valence-electron chi connectivity index (χ2n) is 7.35. The summed E-state index contributed by atoms with van der Waals surface area (Å²) in [7, 11) is 0. The molecule has 0 amide bonds. The van der Waals surface area contributed by atoms with Gasteiger partial charge < -0.3 is 16.0 Å². The molecular weight excluding hydrogens is 340 g/mol. The highest BCUT2D eigenvalue weighted by Crippen LogP contribution is 2.18. The third-order valence-corrected chi connectivity index (χ3v) is 4.44. The van der Waals surface area contributed by atoms with Gasteiger partial charge in [-0.15, -0.1) is 0 Å². The SMILES string of the molecule is CCCCNc1nc(N)c2[nH]c(=O)n(Cc3cccc(CC(C)C)c3)c2n1. The van der Waals surface area contributed by atoms with Gasteiger partial charge in [-0.3, -0.25) is 4.57 Å². The Morgan fingerprint density at radius 1 is 1.26 bits per heavy atom. The number of hydrogen-bond acceptors (Lipinski definition) is 5. The van der Waals surface area contributed by atoms with E-state index >= 15 is 0 Å². The number of anilines is 2. The van der Waals surface area contributed by atoms with Gasteiger partial charge in [0.25, 0.3) is 0 Å². The summed E-state index contributed by atoms with van der Waals surface area (Å²) in [5.41, 5.74) is 9.16. The molecule has 0 radical (unpaired) electrons. The Morgan fingerprint density at radius 3 is 2.78 bits per heavy atom. The standard InChI is InChI=1S/C20H28N6O/c1-4-5-9-22-19-24-17(21)16-18(25-19)26(20(27)23-16)12-15-8-6-7-14(11-15)10-13(2)3/h6-8,11,13H,4-5,9-10,12H2,1-3H3,(H,23,27)(H3,21,22,24,25). The van der Waals surface area contributed by atoms with Gasteiger partial charge in [0.1, 0.15) is 5.52 Å². The molecule has 0 spiro atoms. The third-order valence-electron chi connectivity index (χ3n) is 4.44. The molecule has 7 nitrogen and oxygen atoms in total. The van der Waals surface area contributed by atoms with E-state index in [2.05, 4.69) is 53.2 Å². The molecule has 0 aliphatic heterocycles. The fourth-order valence-electron chi connectivity index (χ4n) is 3.16. The van der Waals surface area contributed by atoms with Crippen LogP contribution in [0.5, 0.6) is 0 Å². The van der Waals surface area contributed by atoms with E-state index in [1.165, 1.54) is 5.56 Å². The van der Waals surface area contributed by atoms with Crippen molar-refractivity contribution in [3.05, 3.63) is 45.9 Å². The predicted molar refractivity (Wildman–Crippen MR) is 110 cm³/mol. The lowest BCUT2D eigenvalue weighted by molar-refractivity contribution is 0.646. The second kappa shape index (κ2) is 8.24. The molecule has 0 fully saturated rings. The first kappa shape index (κ1) is 18.9. The van der Waals surface area contributed by atoms with Gasteiger partial charge in [-0.1, -0.05) is 51.5 Å². The van der Waals surface area contributed by atoms with Crippen molar-refractivity contribution in [2.24, 2.45) is 5.92 Å². The average Bonchev–Trinajstić information content (AvgIpc) is 2.92. The van der Waals surface area contributed by atoms with Crippen LogP contribution in [0, 0.1) is 5.92 Å². The summed E-state index contributed by atoms with van der Waals surface area (Å²) in [6.07, 6.45) is 3.10. The molecule has 0 aliphatic rings. The van der Waals surface area contributed by atoms with Crippen LogP contribution in [0.25, 0.3) is 11.2 Å². The number of benzene rings is 1. The molecule has 3 aromatic rings. The van der Waals surface area contributed by atoms with Gasteiger partial charge in [0.15, 0.2) is 11.5 Å². The van der Waals surface area contributed by atoms with Crippen molar-refractivity contribution in [1.29, 1.82) is 0 Å². The summed E-state index contributed by atoms with van der Waals surface area (Å²) in [6.45, 7) is 7.73. The van der Waals surface area contributed by atoms with Gasteiger partial charge >= 0.3 is 5.69 Å². The zero-order chi connectivity index (χ0) is 19.4. The van der Waals surface area contributed by atoms with E-state index in [0.717, 1.165) is 31.4 Å². The van der Waals surface area contributed by atoms with Crippen LogP contribution in [-0.4, -0.2) is 26.1 Å². The van der Waals surface area contributed by atoms with Crippen LogP contribution in [0.2, 0.25) is 0 Å². The lowest BCUT2D eigenvalue weighted by Gasteiger charge is -2.09. The monoisotopic (exact) mass is 368 g/mol. The number of imidazole rings is 1. The molecule has 27 heavy (non-hydrogen) atoms. The Balaban J connectivity index is 1.94. The van der Waals surface area contributed by atoms with Gasteiger partial charge in [-0.2, -0.15) is 9.97 Å². The molecule has 0 saturated heterocycles. The van der Waals surface area contributed by atoms with Gasteiger partial charge in [-0.05, 0) is 29.9 Å². The molecule has 2 heterocycles. The maximum absolute atomic E-state index is 12.5. The minimum atomic E-state index is -0.231. The van der Waals surface area contributed by atoms with E-state index in [1.54, 1.807) is 4.57 Å². The fraction of sp³-hybridized carbons (Fsp3) is 0.450. The van der Waals surface area contributed by atoms with Crippen LogP contribution in [-0.2, 0) is 13.0 Å². The number of aromatic nitrogens is 4. The van der Waals surface area contributed by atoms with E-state index in [9.17, 15) is 4.79 Å². The van der Waals surface area contributed by atoms with Crippen molar-refractivity contribution >= 4 is 22.9 Å². The number of fused-ring (bicyclic) bond motifs is 1. The molecule has 0 saturated carbocycles.